The Balaban J connectivity index is 1.20. The highest BCUT2D eigenvalue weighted by molar-refractivity contribution is 8.00. The van der Waals surface area contributed by atoms with E-state index in [1.165, 1.54) is 4.31 Å². The Morgan fingerprint density at radius 1 is 1.12 bits per heavy atom. The second kappa shape index (κ2) is 9.61. The SMILES string of the molecule is Cc1ccc(S(=O)(=O)N2CCN(C(=O)CCCC[C@@H]3SC[C@@H]4NC(=O)N[C@@H]43)CC2)c(C)c1. The Morgan fingerprint density at radius 3 is 2.59 bits per heavy atom. The number of benzene rings is 1. The molecule has 3 heterocycles. The molecule has 3 fully saturated rings. The molecule has 3 saturated heterocycles. The van der Waals surface area contributed by atoms with Crippen molar-refractivity contribution in [1.29, 1.82) is 0 Å². The van der Waals surface area contributed by atoms with Crippen LogP contribution < -0.4 is 10.6 Å². The molecule has 0 saturated carbocycles. The molecular weight excluding hydrogens is 448 g/mol. The topological polar surface area (TPSA) is 98.8 Å². The van der Waals surface area contributed by atoms with Gasteiger partial charge in [0.15, 0.2) is 0 Å². The number of sulfonamides is 1. The number of aryl methyl sites for hydroxylation is 2. The highest BCUT2D eigenvalue weighted by Gasteiger charge is 2.42. The molecule has 2 N–H and O–H groups in total. The van der Waals surface area contributed by atoms with Gasteiger partial charge < -0.3 is 15.5 Å². The Labute approximate surface area is 194 Å². The summed E-state index contributed by atoms with van der Waals surface area (Å²) in [5, 5.41) is 6.36. The number of carbonyl (C=O) groups excluding carboxylic acids is 2. The number of fused-ring (bicyclic) bond motifs is 1. The number of urea groups is 1. The van der Waals surface area contributed by atoms with Crippen molar-refractivity contribution in [2.75, 3.05) is 31.9 Å². The molecule has 4 rings (SSSR count). The van der Waals surface area contributed by atoms with Crippen LogP contribution in [0.3, 0.4) is 0 Å². The van der Waals surface area contributed by atoms with Crippen LogP contribution in [-0.2, 0) is 14.8 Å². The molecule has 3 atom stereocenters. The van der Waals surface area contributed by atoms with Crippen molar-refractivity contribution in [2.24, 2.45) is 0 Å². The van der Waals surface area contributed by atoms with Gasteiger partial charge in [-0.1, -0.05) is 24.1 Å². The number of amides is 3. The predicted molar refractivity (Wildman–Crippen MR) is 125 cm³/mol. The molecule has 0 aliphatic carbocycles. The smallest absolute Gasteiger partial charge is 0.315 e. The Morgan fingerprint density at radius 2 is 1.88 bits per heavy atom. The molecule has 0 spiro atoms. The first kappa shape index (κ1) is 23.4. The maximum Gasteiger partial charge on any atom is 0.315 e. The first-order valence-corrected chi connectivity index (χ1v) is 13.8. The van der Waals surface area contributed by atoms with Crippen molar-refractivity contribution in [1.82, 2.24) is 19.8 Å². The third-order valence-corrected chi connectivity index (χ3v) is 10.2. The lowest BCUT2D eigenvalue weighted by molar-refractivity contribution is -0.132. The largest absolute Gasteiger partial charge is 0.340 e. The van der Waals surface area contributed by atoms with Gasteiger partial charge in [-0.2, -0.15) is 16.1 Å². The molecule has 10 heteroatoms. The summed E-state index contributed by atoms with van der Waals surface area (Å²) in [6, 6.07) is 5.75. The number of unbranched alkanes of at least 4 members (excludes halogenated alkanes) is 1. The van der Waals surface area contributed by atoms with E-state index in [1.54, 1.807) is 11.0 Å². The van der Waals surface area contributed by atoms with E-state index in [2.05, 4.69) is 10.6 Å². The molecule has 3 aliphatic heterocycles. The maximum absolute atomic E-state index is 13.0. The van der Waals surface area contributed by atoms with Gasteiger partial charge in [-0.25, -0.2) is 13.2 Å². The molecule has 3 amide bonds. The summed E-state index contributed by atoms with van der Waals surface area (Å²) in [5.74, 6) is 1.05. The predicted octanol–water partition coefficient (Wildman–Crippen LogP) is 1.86. The van der Waals surface area contributed by atoms with Crippen molar-refractivity contribution in [2.45, 2.75) is 61.8 Å². The molecule has 1 aromatic rings. The zero-order valence-corrected chi connectivity index (χ0v) is 20.3. The number of rotatable bonds is 7. The van der Waals surface area contributed by atoms with Crippen LogP contribution in [0.15, 0.2) is 23.1 Å². The molecule has 1 aromatic carbocycles. The minimum atomic E-state index is -3.54. The van der Waals surface area contributed by atoms with E-state index in [9.17, 15) is 18.0 Å². The second-order valence-corrected chi connectivity index (χ2v) is 12.1. The van der Waals surface area contributed by atoms with Crippen LogP contribution in [0.4, 0.5) is 4.79 Å². The van der Waals surface area contributed by atoms with Crippen molar-refractivity contribution in [3.05, 3.63) is 29.3 Å². The standard InChI is InChI=1S/C22H32N4O4S2/c1-15-7-8-19(16(2)13-15)32(29,30)26-11-9-25(10-12-26)20(27)6-4-3-5-18-21-17(14-31-18)23-22(28)24-21/h7-8,13,17-18,21H,3-6,9-12,14H2,1-2H3,(H2,23,24,28)/t17-,18-,21-/m0/s1. The summed E-state index contributed by atoms with van der Waals surface area (Å²) in [6.07, 6.45) is 3.24. The minimum absolute atomic E-state index is 0.0702. The average Bonchev–Trinajstić information content (AvgIpc) is 3.30. The van der Waals surface area contributed by atoms with Crippen molar-refractivity contribution >= 4 is 33.7 Å². The first-order valence-electron chi connectivity index (χ1n) is 11.3. The number of nitrogens with one attached hydrogen (secondary N) is 2. The quantitative estimate of drug-likeness (QED) is 0.459. The fourth-order valence-corrected chi connectivity index (χ4v) is 8.00. The molecular formula is C22H32N4O4S2. The van der Waals surface area contributed by atoms with E-state index < -0.39 is 10.0 Å². The number of nitrogens with zero attached hydrogens (tertiary/aromatic N) is 2. The third-order valence-electron chi connectivity index (χ3n) is 6.61. The first-order chi connectivity index (χ1) is 15.3. The Hall–Kier alpha value is -1.78. The zero-order chi connectivity index (χ0) is 22.9. The molecule has 32 heavy (non-hydrogen) atoms. The number of piperazine rings is 1. The highest BCUT2D eigenvalue weighted by atomic mass is 32.2. The zero-order valence-electron chi connectivity index (χ0n) is 18.7. The summed E-state index contributed by atoms with van der Waals surface area (Å²) in [4.78, 5) is 26.2. The van der Waals surface area contributed by atoms with Crippen LogP contribution >= 0.6 is 11.8 Å². The van der Waals surface area contributed by atoms with Gasteiger partial charge in [0.2, 0.25) is 15.9 Å². The van der Waals surface area contributed by atoms with Crippen LogP contribution in [0.25, 0.3) is 0 Å². The van der Waals surface area contributed by atoms with E-state index in [4.69, 9.17) is 0 Å². The molecule has 0 radical (unpaired) electrons. The number of carbonyl (C=O) groups is 2. The van der Waals surface area contributed by atoms with Gasteiger partial charge in [0, 0.05) is 43.6 Å². The maximum atomic E-state index is 13.0. The van der Waals surface area contributed by atoms with E-state index >= 15 is 0 Å². The fraction of sp³-hybridized carbons (Fsp3) is 0.636. The molecule has 3 aliphatic rings. The van der Waals surface area contributed by atoms with Crippen LogP contribution in [-0.4, -0.2) is 78.8 Å². The van der Waals surface area contributed by atoms with Gasteiger partial charge in [0.05, 0.1) is 17.0 Å². The average molecular weight is 481 g/mol. The van der Waals surface area contributed by atoms with E-state index in [-0.39, 0.29) is 24.0 Å². The van der Waals surface area contributed by atoms with Gasteiger partial charge in [-0.05, 0) is 38.3 Å². The molecule has 176 valence electrons. The summed E-state index contributed by atoms with van der Waals surface area (Å²) in [5.41, 5.74) is 1.79. The summed E-state index contributed by atoms with van der Waals surface area (Å²) in [6.45, 7) is 5.29. The Bertz CT molecular complexity index is 976. The van der Waals surface area contributed by atoms with Crippen LogP contribution in [0.1, 0.15) is 36.8 Å². The lowest BCUT2D eigenvalue weighted by Crippen LogP contribution is -2.50. The van der Waals surface area contributed by atoms with Crippen molar-refractivity contribution in [3.63, 3.8) is 0 Å². The number of thioether (sulfide) groups is 1. The number of hydrogen-bond donors (Lipinski definition) is 2. The molecule has 8 nitrogen and oxygen atoms in total. The van der Waals surface area contributed by atoms with Crippen molar-refractivity contribution < 1.29 is 18.0 Å². The van der Waals surface area contributed by atoms with Gasteiger partial charge in [-0.3, -0.25) is 4.79 Å². The second-order valence-electron chi connectivity index (χ2n) is 8.92. The number of hydrogen-bond acceptors (Lipinski definition) is 5. The summed E-state index contributed by atoms with van der Waals surface area (Å²) in [7, 11) is -3.54. The van der Waals surface area contributed by atoms with Gasteiger partial charge >= 0.3 is 6.03 Å². The summed E-state index contributed by atoms with van der Waals surface area (Å²) >= 11 is 1.89. The van der Waals surface area contributed by atoms with Crippen LogP contribution in [0.5, 0.6) is 0 Å². The fourth-order valence-electron chi connectivity index (χ4n) is 4.83. The van der Waals surface area contributed by atoms with E-state index in [0.29, 0.717) is 42.7 Å². The lowest BCUT2D eigenvalue weighted by atomic mass is 10.0. The van der Waals surface area contributed by atoms with Crippen LogP contribution in [0.2, 0.25) is 0 Å². The molecule has 0 unspecified atom stereocenters. The van der Waals surface area contributed by atoms with Gasteiger partial charge in [0.1, 0.15) is 0 Å². The van der Waals surface area contributed by atoms with Gasteiger partial charge in [0.25, 0.3) is 0 Å². The minimum Gasteiger partial charge on any atom is -0.340 e. The van der Waals surface area contributed by atoms with Gasteiger partial charge in [-0.15, -0.1) is 0 Å². The molecule has 0 aromatic heterocycles. The monoisotopic (exact) mass is 480 g/mol. The highest BCUT2D eigenvalue weighted by Crippen LogP contribution is 2.33. The van der Waals surface area contributed by atoms with Crippen LogP contribution in [0, 0.1) is 13.8 Å². The third kappa shape index (κ3) is 4.92. The van der Waals surface area contributed by atoms with E-state index in [1.807, 2.05) is 37.7 Å². The Kier molecular flexibility index (Phi) is 7.02. The van der Waals surface area contributed by atoms with E-state index in [0.717, 1.165) is 36.1 Å². The molecule has 0 bridgehead atoms. The lowest BCUT2D eigenvalue weighted by Gasteiger charge is -2.34. The normalized spacial score (nSPS) is 26.0. The summed E-state index contributed by atoms with van der Waals surface area (Å²) < 4.78 is 27.5. The van der Waals surface area contributed by atoms with Crippen molar-refractivity contribution in [3.8, 4) is 0 Å².